The Morgan fingerprint density at radius 2 is 2.06 bits per heavy atom. The number of esters is 1. The van der Waals surface area contributed by atoms with E-state index in [0.29, 0.717) is 25.0 Å². The Morgan fingerprint density at radius 3 is 2.53 bits per heavy atom. The average Bonchev–Trinajstić information content (AvgIpc) is 2.25. The second kappa shape index (κ2) is 6.20. The van der Waals surface area contributed by atoms with Crippen LogP contribution in [-0.4, -0.2) is 24.7 Å². The molecular weight excluding hydrogens is 214 g/mol. The number of hydrogen-bond acceptors (Lipinski definition) is 3. The van der Waals surface area contributed by atoms with E-state index < -0.39 is 5.54 Å². The fourth-order valence-corrected chi connectivity index (χ4v) is 3.05. The van der Waals surface area contributed by atoms with Crippen molar-refractivity contribution >= 4 is 5.97 Å². The number of hydrogen-bond donors (Lipinski definition) is 1. The van der Waals surface area contributed by atoms with Gasteiger partial charge in [-0.15, -0.1) is 6.58 Å². The molecule has 0 radical (unpaired) electrons. The zero-order valence-corrected chi connectivity index (χ0v) is 11.3. The summed E-state index contributed by atoms with van der Waals surface area (Å²) in [6.07, 6.45) is 4.72. The molecular formula is C14H25NO2. The van der Waals surface area contributed by atoms with Crippen LogP contribution in [0.1, 0.15) is 40.0 Å². The van der Waals surface area contributed by atoms with E-state index in [-0.39, 0.29) is 5.97 Å². The van der Waals surface area contributed by atoms with Crippen molar-refractivity contribution < 1.29 is 9.53 Å². The minimum absolute atomic E-state index is 0.0970. The van der Waals surface area contributed by atoms with E-state index in [1.807, 2.05) is 6.92 Å². The highest BCUT2D eigenvalue weighted by atomic mass is 16.5. The molecule has 1 aliphatic carbocycles. The predicted octanol–water partition coefficient (Wildman–Crippen LogP) is 2.52. The first-order valence-corrected chi connectivity index (χ1v) is 6.57. The molecule has 1 N–H and O–H groups in total. The van der Waals surface area contributed by atoms with Crippen molar-refractivity contribution in [2.75, 3.05) is 13.2 Å². The van der Waals surface area contributed by atoms with E-state index in [1.165, 1.54) is 6.42 Å². The lowest BCUT2D eigenvalue weighted by Gasteiger charge is -2.41. The van der Waals surface area contributed by atoms with Crippen molar-refractivity contribution in [1.29, 1.82) is 0 Å². The molecule has 1 saturated carbocycles. The summed E-state index contributed by atoms with van der Waals surface area (Å²) in [6, 6.07) is 0. The van der Waals surface area contributed by atoms with Crippen LogP contribution in [0.5, 0.6) is 0 Å². The molecule has 2 unspecified atom stereocenters. The van der Waals surface area contributed by atoms with Crippen LogP contribution in [0.3, 0.4) is 0 Å². The lowest BCUT2D eigenvalue weighted by atomic mass is 9.71. The van der Waals surface area contributed by atoms with Crippen LogP contribution in [-0.2, 0) is 9.53 Å². The summed E-state index contributed by atoms with van der Waals surface area (Å²) in [4.78, 5) is 12.2. The third-order valence-electron chi connectivity index (χ3n) is 3.45. The maximum Gasteiger partial charge on any atom is 0.326 e. The Balaban J connectivity index is 2.83. The summed E-state index contributed by atoms with van der Waals surface area (Å²) in [5.41, 5.74) is -0.499. The molecule has 3 heteroatoms. The lowest BCUT2D eigenvalue weighted by molar-refractivity contribution is -0.154. The van der Waals surface area contributed by atoms with Gasteiger partial charge >= 0.3 is 5.97 Å². The van der Waals surface area contributed by atoms with Crippen LogP contribution in [0, 0.1) is 11.8 Å². The van der Waals surface area contributed by atoms with Crippen LogP contribution in [0.4, 0.5) is 0 Å². The van der Waals surface area contributed by atoms with Gasteiger partial charge in [-0.25, -0.2) is 0 Å². The number of nitrogens with one attached hydrogen (secondary N) is 1. The molecule has 0 aliphatic heterocycles. The van der Waals surface area contributed by atoms with Crippen molar-refractivity contribution in [3.05, 3.63) is 12.7 Å². The molecule has 0 bridgehead atoms. The fraction of sp³-hybridized carbons (Fsp3) is 0.786. The smallest absolute Gasteiger partial charge is 0.326 e. The normalized spacial score (nSPS) is 33.1. The molecule has 17 heavy (non-hydrogen) atoms. The minimum Gasteiger partial charge on any atom is -0.465 e. The van der Waals surface area contributed by atoms with Gasteiger partial charge in [-0.2, -0.15) is 0 Å². The molecule has 0 aromatic rings. The van der Waals surface area contributed by atoms with Gasteiger partial charge in [0, 0.05) is 6.54 Å². The first-order chi connectivity index (χ1) is 8.04. The molecule has 0 aromatic carbocycles. The summed E-state index contributed by atoms with van der Waals surface area (Å²) in [6.45, 7) is 11.1. The number of carbonyl (C=O) groups excluding carboxylic acids is 1. The van der Waals surface area contributed by atoms with Crippen molar-refractivity contribution in [1.82, 2.24) is 5.32 Å². The number of carbonyl (C=O) groups is 1. The molecule has 1 rings (SSSR count). The van der Waals surface area contributed by atoms with Gasteiger partial charge in [0.2, 0.25) is 0 Å². The molecule has 1 aliphatic rings. The van der Waals surface area contributed by atoms with E-state index in [4.69, 9.17) is 4.74 Å². The maximum atomic E-state index is 12.2. The van der Waals surface area contributed by atoms with Crippen molar-refractivity contribution in [3.8, 4) is 0 Å². The van der Waals surface area contributed by atoms with Gasteiger partial charge in [0.15, 0.2) is 0 Å². The average molecular weight is 239 g/mol. The van der Waals surface area contributed by atoms with E-state index in [0.717, 1.165) is 12.8 Å². The highest BCUT2D eigenvalue weighted by molar-refractivity contribution is 5.81. The summed E-state index contributed by atoms with van der Waals surface area (Å²) >= 11 is 0. The topological polar surface area (TPSA) is 38.3 Å². The van der Waals surface area contributed by atoms with Gasteiger partial charge in [0.05, 0.1) is 6.61 Å². The molecule has 0 saturated heterocycles. The molecule has 0 aromatic heterocycles. The molecule has 0 spiro atoms. The second-order valence-corrected chi connectivity index (χ2v) is 5.33. The van der Waals surface area contributed by atoms with Crippen LogP contribution in [0.2, 0.25) is 0 Å². The van der Waals surface area contributed by atoms with Gasteiger partial charge < -0.3 is 4.74 Å². The van der Waals surface area contributed by atoms with Crippen molar-refractivity contribution in [2.24, 2.45) is 11.8 Å². The summed E-state index contributed by atoms with van der Waals surface area (Å²) in [5.74, 6) is 1.01. The van der Waals surface area contributed by atoms with E-state index in [2.05, 4.69) is 25.7 Å². The van der Waals surface area contributed by atoms with Gasteiger partial charge in [0.1, 0.15) is 5.54 Å². The van der Waals surface area contributed by atoms with Gasteiger partial charge in [-0.05, 0) is 38.0 Å². The zero-order valence-electron chi connectivity index (χ0n) is 11.3. The van der Waals surface area contributed by atoms with Crippen LogP contribution < -0.4 is 5.32 Å². The second-order valence-electron chi connectivity index (χ2n) is 5.33. The Labute approximate surface area is 105 Å². The SMILES string of the molecule is C=CCNC1(C(=O)OCC)CC(C)CC(C)C1. The lowest BCUT2D eigenvalue weighted by Crippen LogP contribution is -2.57. The third kappa shape index (κ3) is 3.56. The van der Waals surface area contributed by atoms with Crippen molar-refractivity contribution in [2.45, 2.75) is 45.6 Å². The summed E-state index contributed by atoms with van der Waals surface area (Å²) < 4.78 is 5.24. The van der Waals surface area contributed by atoms with Crippen LogP contribution in [0.15, 0.2) is 12.7 Å². The van der Waals surface area contributed by atoms with Crippen molar-refractivity contribution in [3.63, 3.8) is 0 Å². The monoisotopic (exact) mass is 239 g/mol. The quantitative estimate of drug-likeness (QED) is 0.592. The standard InChI is InChI=1S/C14H25NO2/c1-5-7-15-14(13(16)17-6-2)9-11(3)8-12(4)10-14/h5,11-12,15H,1,6-10H2,2-4H3. The molecule has 98 valence electrons. The van der Waals surface area contributed by atoms with Crippen LogP contribution in [0.25, 0.3) is 0 Å². The molecule has 2 atom stereocenters. The Bertz CT molecular complexity index is 265. The Morgan fingerprint density at radius 1 is 1.47 bits per heavy atom. The molecule has 0 amide bonds. The third-order valence-corrected chi connectivity index (χ3v) is 3.45. The number of ether oxygens (including phenoxy) is 1. The summed E-state index contributed by atoms with van der Waals surface area (Å²) in [5, 5.41) is 3.34. The Hall–Kier alpha value is -0.830. The van der Waals surface area contributed by atoms with E-state index in [9.17, 15) is 4.79 Å². The molecule has 3 nitrogen and oxygen atoms in total. The highest BCUT2D eigenvalue weighted by Crippen LogP contribution is 2.36. The number of rotatable bonds is 5. The molecule has 0 heterocycles. The highest BCUT2D eigenvalue weighted by Gasteiger charge is 2.44. The van der Waals surface area contributed by atoms with E-state index >= 15 is 0 Å². The Kier molecular flexibility index (Phi) is 5.19. The first kappa shape index (κ1) is 14.2. The first-order valence-electron chi connectivity index (χ1n) is 6.57. The van der Waals surface area contributed by atoms with E-state index in [1.54, 1.807) is 6.08 Å². The van der Waals surface area contributed by atoms with Gasteiger partial charge in [0.25, 0.3) is 0 Å². The zero-order chi connectivity index (χ0) is 12.9. The van der Waals surface area contributed by atoms with Gasteiger partial charge in [-0.3, -0.25) is 10.1 Å². The van der Waals surface area contributed by atoms with Gasteiger partial charge in [-0.1, -0.05) is 19.9 Å². The maximum absolute atomic E-state index is 12.2. The molecule has 1 fully saturated rings. The largest absolute Gasteiger partial charge is 0.465 e. The predicted molar refractivity (Wildman–Crippen MR) is 69.7 cm³/mol. The fourth-order valence-electron chi connectivity index (χ4n) is 3.05. The minimum atomic E-state index is -0.499. The van der Waals surface area contributed by atoms with Crippen LogP contribution >= 0.6 is 0 Å². The summed E-state index contributed by atoms with van der Waals surface area (Å²) in [7, 11) is 0.